The third kappa shape index (κ3) is 2.56. The van der Waals surface area contributed by atoms with Crippen LogP contribution < -0.4 is 0 Å². The number of carbonyl (C=O) groups excluding carboxylic acids is 2. The zero-order valence-electron chi connectivity index (χ0n) is 14.6. The SMILES string of the molecule is C[C@]12CC[C@H]3[C@@H](C[C@@H](Br)C4=CC(=O)CC[C@@]43CC#CBr)[C@@H]1CCC2=O. The number of fused-ring (bicyclic) bond motifs is 5. The normalized spacial score (nSPS) is 45.6. The van der Waals surface area contributed by atoms with Gasteiger partial charge in [-0.3, -0.25) is 9.59 Å². The van der Waals surface area contributed by atoms with E-state index in [2.05, 4.69) is 49.5 Å². The van der Waals surface area contributed by atoms with Crippen molar-refractivity contribution in [1.82, 2.24) is 0 Å². The molecule has 0 aromatic heterocycles. The maximum absolute atomic E-state index is 12.6. The minimum absolute atomic E-state index is 0.0126. The van der Waals surface area contributed by atoms with Crippen molar-refractivity contribution in [3.63, 3.8) is 0 Å². The molecule has 0 aromatic carbocycles. The molecule has 0 heterocycles. The van der Waals surface area contributed by atoms with Gasteiger partial charge in [-0.15, -0.1) is 0 Å². The Bertz CT molecular complexity index is 715. The van der Waals surface area contributed by atoms with E-state index in [1.54, 1.807) is 0 Å². The Morgan fingerprint density at radius 2 is 2.00 bits per heavy atom. The fourth-order valence-electron chi connectivity index (χ4n) is 6.63. The van der Waals surface area contributed by atoms with E-state index in [4.69, 9.17) is 0 Å². The van der Waals surface area contributed by atoms with Gasteiger partial charge in [0.05, 0.1) is 0 Å². The van der Waals surface area contributed by atoms with E-state index in [0.717, 1.165) is 44.9 Å². The summed E-state index contributed by atoms with van der Waals surface area (Å²) in [4.78, 5) is 27.8. The van der Waals surface area contributed by atoms with Gasteiger partial charge < -0.3 is 0 Å². The van der Waals surface area contributed by atoms with Gasteiger partial charge >= 0.3 is 0 Å². The summed E-state index contributed by atoms with van der Waals surface area (Å²) in [5, 5.41) is 0. The molecule has 2 nitrogen and oxygen atoms in total. The van der Waals surface area contributed by atoms with Crippen LogP contribution in [0.5, 0.6) is 0 Å². The summed E-state index contributed by atoms with van der Waals surface area (Å²) >= 11 is 7.17. The number of halogens is 2. The number of ketones is 2. The van der Waals surface area contributed by atoms with Gasteiger partial charge in [-0.1, -0.05) is 28.8 Å². The Kier molecular flexibility index (Phi) is 4.56. The summed E-state index contributed by atoms with van der Waals surface area (Å²) < 4.78 is 0. The molecule has 3 saturated carbocycles. The van der Waals surface area contributed by atoms with Gasteiger partial charge in [0.25, 0.3) is 0 Å². The Morgan fingerprint density at radius 1 is 1.20 bits per heavy atom. The van der Waals surface area contributed by atoms with Crippen LogP contribution in [0.3, 0.4) is 0 Å². The van der Waals surface area contributed by atoms with E-state index >= 15 is 0 Å². The number of carbonyl (C=O) groups is 2. The zero-order valence-corrected chi connectivity index (χ0v) is 17.8. The van der Waals surface area contributed by atoms with Crippen LogP contribution in [0.2, 0.25) is 0 Å². The smallest absolute Gasteiger partial charge is 0.155 e. The molecule has 0 amide bonds. The molecular formula is C21H24Br2O2. The summed E-state index contributed by atoms with van der Waals surface area (Å²) in [5.74, 6) is 5.65. The molecule has 0 spiro atoms. The number of hydrogen-bond donors (Lipinski definition) is 0. The first kappa shape index (κ1) is 18.0. The van der Waals surface area contributed by atoms with Gasteiger partial charge in [0.15, 0.2) is 5.78 Å². The van der Waals surface area contributed by atoms with Crippen LogP contribution in [0.15, 0.2) is 11.6 Å². The Hall–Kier alpha value is -0.400. The highest BCUT2D eigenvalue weighted by Crippen LogP contribution is 2.66. The Morgan fingerprint density at radius 3 is 2.76 bits per heavy atom. The molecule has 4 aliphatic carbocycles. The number of hydrogen-bond acceptors (Lipinski definition) is 2. The van der Waals surface area contributed by atoms with Gasteiger partial charge in [0.2, 0.25) is 0 Å². The predicted octanol–water partition coefficient (Wildman–Crippen LogP) is 5.19. The average molecular weight is 468 g/mol. The lowest BCUT2D eigenvalue weighted by atomic mass is 9.46. The maximum atomic E-state index is 12.6. The molecule has 0 saturated heterocycles. The maximum Gasteiger partial charge on any atom is 0.155 e. The van der Waals surface area contributed by atoms with Crippen molar-refractivity contribution in [1.29, 1.82) is 0 Å². The largest absolute Gasteiger partial charge is 0.299 e. The van der Waals surface area contributed by atoms with Gasteiger partial charge in [-0.2, -0.15) is 0 Å². The molecule has 6 atom stereocenters. The molecule has 25 heavy (non-hydrogen) atoms. The number of rotatable bonds is 1. The van der Waals surface area contributed by atoms with Gasteiger partial charge in [0, 0.05) is 50.8 Å². The van der Waals surface area contributed by atoms with Gasteiger partial charge in [0.1, 0.15) is 5.78 Å². The van der Waals surface area contributed by atoms with E-state index in [1.165, 1.54) is 5.57 Å². The first-order valence-corrected chi connectivity index (χ1v) is 11.1. The van der Waals surface area contributed by atoms with Crippen LogP contribution in [0.25, 0.3) is 0 Å². The van der Waals surface area contributed by atoms with Crippen molar-refractivity contribution in [2.24, 2.45) is 28.6 Å². The van der Waals surface area contributed by atoms with Gasteiger partial charge in [-0.25, -0.2) is 0 Å². The summed E-state index contributed by atoms with van der Waals surface area (Å²) in [7, 11) is 0. The van der Waals surface area contributed by atoms with Crippen LogP contribution >= 0.6 is 31.9 Å². The van der Waals surface area contributed by atoms with Crippen molar-refractivity contribution in [2.45, 2.75) is 63.1 Å². The minimum Gasteiger partial charge on any atom is -0.299 e. The molecule has 0 radical (unpaired) electrons. The lowest BCUT2D eigenvalue weighted by Crippen LogP contribution is -2.54. The number of alkyl halides is 1. The zero-order chi connectivity index (χ0) is 17.8. The summed E-state index contributed by atoms with van der Waals surface area (Å²) in [6.45, 7) is 2.22. The summed E-state index contributed by atoms with van der Waals surface area (Å²) in [6.07, 6.45) is 9.26. The van der Waals surface area contributed by atoms with E-state index in [-0.39, 0.29) is 21.4 Å². The second kappa shape index (κ2) is 6.34. The monoisotopic (exact) mass is 466 g/mol. The lowest BCUT2D eigenvalue weighted by molar-refractivity contribution is -0.132. The van der Waals surface area contributed by atoms with Crippen LogP contribution in [-0.2, 0) is 9.59 Å². The quantitative estimate of drug-likeness (QED) is 0.393. The minimum atomic E-state index is -0.109. The topological polar surface area (TPSA) is 34.1 Å². The van der Waals surface area contributed by atoms with E-state index < -0.39 is 0 Å². The molecule has 4 rings (SSSR count). The van der Waals surface area contributed by atoms with E-state index in [0.29, 0.717) is 30.0 Å². The standard InChI is InChI=1S/C21H24Br2O2/c1-20-8-6-16-14(15(20)3-4-19(20)25)12-18(23)17-11-13(24)5-9-21(16,17)7-2-10-22/h11,14-16,18H,3-9,12H2,1H3/t14-,15-,16-,18+,20-,21+/m0/s1. The van der Waals surface area contributed by atoms with Crippen molar-refractivity contribution >= 4 is 43.4 Å². The fourth-order valence-corrected chi connectivity index (χ4v) is 7.79. The van der Waals surface area contributed by atoms with Gasteiger partial charge in [-0.05, 0) is 66.3 Å². The second-order valence-corrected chi connectivity index (χ2v) is 10.2. The lowest BCUT2D eigenvalue weighted by Gasteiger charge is -2.58. The first-order valence-electron chi connectivity index (χ1n) is 9.43. The molecular weight excluding hydrogens is 444 g/mol. The van der Waals surface area contributed by atoms with Crippen LogP contribution in [0.1, 0.15) is 58.3 Å². The van der Waals surface area contributed by atoms with E-state index in [1.807, 2.05) is 6.08 Å². The fraction of sp³-hybridized carbons (Fsp3) is 0.714. The summed E-state index contributed by atoms with van der Waals surface area (Å²) in [5.41, 5.74) is 1.19. The van der Waals surface area contributed by atoms with Crippen LogP contribution in [0, 0.1) is 39.3 Å². The highest BCUT2D eigenvalue weighted by molar-refractivity contribution is 9.12. The van der Waals surface area contributed by atoms with Crippen molar-refractivity contribution in [2.75, 3.05) is 0 Å². The second-order valence-electron chi connectivity index (χ2n) is 8.67. The van der Waals surface area contributed by atoms with Crippen molar-refractivity contribution in [3.05, 3.63) is 11.6 Å². The molecule has 0 N–H and O–H groups in total. The molecule has 0 unspecified atom stereocenters. The van der Waals surface area contributed by atoms with Crippen LogP contribution in [-0.4, -0.2) is 16.4 Å². The number of Topliss-reactive ketones (excluding diaryl/α,β-unsaturated/α-hetero) is 1. The molecule has 4 heteroatoms. The molecule has 0 bridgehead atoms. The van der Waals surface area contributed by atoms with Crippen LogP contribution in [0.4, 0.5) is 0 Å². The Labute approximate surface area is 166 Å². The molecule has 0 aliphatic heterocycles. The molecule has 4 aliphatic rings. The average Bonchev–Trinajstić information content (AvgIpc) is 2.90. The summed E-state index contributed by atoms with van der Waals surface area (Å²) in [6, 6.07) is 0. The third-order valence-electron chi connectivity index (χ3n) is 7.85. The van der Waals surface area contributed by atoms with E-state index in [9.17, 15) is 9.59 Å². The Balaban J connectivity index is 1.78. The first-order chi connectivity index (χ1) is 11.9. The highest BCUT2D eigenvalue weighted by Gasteiger charge is 2.61. The third-order valence-corrected chi connectivity index (χ3v) is 9.00. The predicted molar refractivity (Wildman–Crippen MR) is 105 cm³/mol. The highest BCUT2D eigenvalue weighted by atomic mass is 79.9. The number of allylic oxidation sites excluding steroid dienone is 1. The molecule has 0 aromatic rings. The molecule has 134 valence electrons. The van der Waals surface area contributed by atoms with Crippen molar-refractivity contribution in [3.8, 4) is 10.8 Å². The van der Waals surface area contributed by atoms with Crippen molar-refractivity contribution < 1.29 is 9.59 Å². The molecule has 3 fully saturated rings.